The number of unbranched alkanes of at least 4 members (excludes halogenated alkanes) is 15. The summed E-state index contributed by atoms with van der Waals surface area (Å²) in [6.07, 6.45) is 27.1. The summed E-state index contributed by atoms with van der Waals surface area (Å²) < 4.78 is 0. The molecule has 0 rings (SSSR count). The molecule has 0 heterocycles. The normalized spacial score (nSPS) is 10.9. The number of rotatable bonds is 19. The first-order valence-corrected chi connectivity index (χ1v) is 10.6. The maximum absolute atomic E-state index is 10.4. The smallest absolute Gasteiger partial charge is 0.303 e. The van der Waals surface area contributed by atoms with E-state index in [0.29, 0.717) is 6.42 Å². The molecule has 0 saturated carbocycles. The average molecular weight is 451 g/mol. The van der Waals surface area contributed by atoms with Crippen molar-refractivity contribution in [2.45, 2.75) is 122 Å². The zero-order chi connectivity index (χ0) is 17.7. The Morgan fingerprint density at radius 3 is 1.40 bits per heavy atom. The molecule has 0 aromatic rings. The van der Waals surface area contributed by atoms with Gasteiger partial charge >= 0.3 is 5.97 Å². The SMILES string of the molecule is CCCCCCCC/C=C\CCCCCCCCCCCC(=O)O.[Cd]. The summed E-state index contributed by atoms with van der Waals surface area (Å²) in [5.41, 5.74) is 0. The molecule has 1 N–H and O–H groups in total. The summed E-state index contributed by atoms with van der Waals surface area (Å²) in [5.74, 6) is -0.656. The Bertz CT molecular complexity index is 290. The van der Waals surface area contributed by atoms with Crippen molar-refractivity contribution in [2.24, 2.45) is 0 Å². The van der Waals surface area contributed by atoms with Gasteiger partial charge in [0.05, 0.1) is 0 Å². The van der Waals surface area contributed by atoms with Crippen molar-refractivity contribution in [3.8, 4) is 0 Å². The third kappa shape index (κ3) is 26.5. The Kier molecular flexibility index (Phi) is 26.4. The Morgan fingerprint density at radius 2 is 1.00 bits per heavy atom. The molecule has 144 valence electrons. The molecule has 0 atom stereocenters. The minimum absolute atomic E-state index is 0. The first-order chi connectivity index (χ1) is 11.8. The van der Waals surface area contributed by atoms with Crippen LogP contribution in [-0.2, 0) is 32.1 Å². The molecule has 3 heteroatoms. The van der Waals surface area contributed by atoms with Crippen LogP contribution in [0.1, 0.15) is 122 Å². The second-order valence-electron chi connectivity index (χ2n) is 7.14. The van der Waals surface area contributed by atoms with Crippen LogP contribution in [0.2, 0.25) is 0 Å². The fraction of sp³-hybridized carbons (Fsp3) is 0.864. The van der Waals surface area contributed by atoms with Crippen molar-refractivity contribution in [1.29, 1.82) is 0 Å². The van der Waals surface area contributed by atoms with Crippen LogP contribution in [0.4, 0.5) is 0 Å². The molecule has 0 fully saturated rings. The van der Waals surface area contributed by atoms with Crippen molar-refractivity contribution in [1.82, 2.24) is 0 Å². The largest absolute Gasteiger partial charge is 0.481 e. The maximum atomic E-state index is 10.4. The van der Waals surface area contributed by atoms with Crippen molar-refractivity contribution in [3.63, 3.8) is 0 Å². The predicted molar refractivity (Wildman–Crippen MR) is 106 cm³/mol. The second kappa shape index (κ2) is 24.1. The van der Waals surface area contributed by atoms with E-state index in [1.54, 1.807) is 0 Å². The van der Waals surface area contributed by atoms with E-state index in [9.17, 15) is 4.79 Å². The van der Waals surface area contributed by atoms with Gasteiger partial charge in [0.1, 0.15) is 0 Å². The molecule has 0 saturated heterocycles. The molecule has 0 spiro atoms. The molecule has 25 heavy (non-hydrogen) atoms. The fourth-order valence-corrected chi connectivity index (χ4v) is 3.05. The van der Waals surface area contributed by atoms with Crippen LogP contribution >= 0.6 is 0 Å². The monoisotopic (exact) mass is 452 g/mol. The van der Waals surface area contributed by atoms with Crippen molar-refractivity contribution in [2.75, 3.05) is 0 Å². The molecule has 0 aliphatic rings. The van der Waals surface area contributed by atoms with Gasteiger partial charge in [-0.1, -0.05) is 96.1 Å². The summed E-state index contributed by atoms with van der Waals surface area (Å²) in [5, 5.41) is 8.55. The number of carboxylic acid groups (broad SMARTS) is 1. The first kappa shape index (κ1) is 27.4. The molecule has 0 bridgehead atoms. The van der Waals surface area contributed by atoms with Crippen LogP contribution in [-0.4, -0.2) is 11.1 Å². The van der Waals surface area contributed by atoms with Gasteiger partial charge in [-0.05, 0) is 32.1 Å². The molecule has 0 amide bonds. The molecular weight excluding hydrogens is 409 g/mol. The van der Waals surface area contributed by atoms with Crippen molar-refractivity contribution >= 4 is 5.97 Å². The number of carboxylic acids is 1. The van der Waals surface area contributed by atoms with E-state index in [1.165, 1.54) is 96.3 Å². The third-order valence-electron chi connectivity index (χ3n) is 4.65. The van der Waals surface area contributed by atoms with E-state index in [0.717, 1.165) is 12.8 Å². The first-order valence-electron chi connectivity index (χ1n) is 10.6. The quantitative estimate of drug-likeness (QED) is 0.124. The van der Waals surface area contributed by atoms with Crippen LogP contribution in [0.25, 0.3) is 0 Å². The van der Waals surface area contributed by atoms with Crippen LogP contribution < -0.4 is 0 Å². The number of hydrogen-bond donors (Lipinski definition) is 1. The van der Waals surface area contributed by atoms with Gasteiger partial charge < -0.3 is 5.11 Å². The van der Waals surface area contributed by atoms with Gasteiger partial charge in [-0.3, -0.25) is 4.79 Å². The number of aliphatic carboxylic acids is 1. The van der Waals surface area contributed by atoms with Crippen LogP contribution in [0.15, 0.2) is 12.2 Å². The zero-order valence-electron chi connectivity index (χ0n) is 16.9. The molecule has 0 radical (unpaired) electrons. The van der Waals surface area contributed by atoms with Gasteiger partial charge in [-0.15, -0.1) is 0 Å². The summed E-state index contributed by atoms with van der Waals surface area (Å²) in [6.45, 7) is 2.27. The van der Waals surface area contributed by atoms with Crippen molar-refractivity contribution < 1.29 is 37.2 Å². The van der Waals surface area contributed by atoms with Crippen LogP contribution in [0.3, 0.4) is 0 Å². The van der Waals surface area contributed by atoms with E-state index >= 15 is 0 Å². The molecular formula is C22H42CdO2. The summed E-state index contributed by atoms with van der Waals surface area (Å²) in [6, 6.07) is 0. The predicted octanol–water partition coefficient (Wildman–Crippen LogP) is 7.67. The van der Waals surface area contributed by atoms with Gasteiger partial charge in [0.25, 0.3) is 0 Å². The third-order valence-corrected chi connectivity index (χ3v) is 4.65. The molecule has 0 aromatic heterocycles. The van der Waals surface area contributed by atoms with E-state index in [2.05, 4.69) is 19.1 Å². The van der Waals surface area contributed by atoms with E-state index < -0.39 is 5.97 Å². The Hall–Kier alpha value is 0.132. The zero-order valence-corrected chi connectivity index (χ0v) is 21.0. The van der Waals surface area contributed by atoms with E-state index in [-0.39, 0.29) is 27.3 Å². The number of hydrogen-bond acceptors (Lipinski definition) is 1. The topological polar surface area (TPSA) is 37.3 Å². The average Bonchev–Trinajstić information content (AvgIpc) is 2.56. The fourth-order valence-electron chi connectivity index (χ4n) is 3.05. The Balaban J connectivity index is 0. The minimum atomic E-state index is -0.656. The van der Waals surface area contributed by atoms with Crippen molar-refractivity contribution in [3.05, 3.63) is 12.2 Å². The van der Waals surface area contributed by atoms with Gasteiger partial charge in [0, 0.05) is 33.7 Å². The molecule has 2 nitrogen and oxygen atoms in total. The molecule has 0 unspecified atom stereocenters. The minimum Gasteiger partial charge on any atom is -0.481 e. The molecule has 0 aliphatic heterocycles. The van der Waals surface area contributed by atoms with Gasteiger partial charge in [0.2, 0.25) is 0 Å². The summed E-state index contributed by atoms with van der Waals surface area (Å²) in [7, 11) is 0. The Morgan fingerprint density at radius 1 is 0.640 bits per heavy atom. The number of allylic oxidation sites excluding steroid dienone is 2. The molecule has 0 aliphatic carbocycles. The summed E-state index contributed by atoms with van der Waals surface area (Å²) in [4.78, 5) is 10.4. The van der Waals surface area contributed by atoms with Crippen LogP contribution in [0.5, 0.6) is 0 Å². The van der Waals surface area contributed by atoms with Gasteiger partial charge in [0.15, 0.2) is 0 Å². The second-order valence-corrected chi connectivity index (χ2v) is 7.14. The molecule has 0 aromatic carbocycles. The van der Waals surface area contributed by atoms with E-state index in [4.69, 9.17) is 5.11 Å². The summed E-state index contributed by atoms with van der Waals surface area (Å²) >= 11 is 0. The number of carbonyl (C=O) groups is 1. The van der Waals surface area contributed by atoms with Crippen LogP contribution in [0, 0.1) is 0 Å². The van der Waals surface area contributed by atoms with Gasteiger partial charge in [-0.2, -0.15) is 0 Å². The van der Waals surface area contributed by atoms with E-state index in [1.807, 2.05) is 0 Å². The Labute approximate surface area is 177 Å². The maximum Gasteiger partial charge on any atom is 0.303 e. The standard InChI is InChI=1S/C22H42O2.Cd/c1-2-3-4-5-6-7-8-9-10-11-12-13-14-15-16-17-18-19-20-21-22(23)24;/h9-10H,2-8,11-21H2,1H3,(H,23,24);/b10-9-;. The van der Waals surface area contributed by atoms with Gasteiger partial charge in [-0.25, -0.2) is 0 Å².